The first kappa shape index (κ1) is 7.21. The predicted molar refractivity (Wildman–Crippen MR) is 31.7 cm³/mol. The molecule has 0 spiro atoms. The first-order valence-corrected chi connectivity index (χ1v) is 2.63. The van der Waals surface area contributed by atoms with E-state index in [-0.39, 0.29) is 5.76 Å². The predicted octanol–water partition coefficient (Wildman–Crippen LogP) is 1.43. The van der Waals surface area contributed by atoms with Gasteiger partial charge in [-0.15, -0.1) is 0 Å². The Balaban J connectivity index is 3.40. The maximum atomic E-state index is 9.67. The molecule has 2 heteroatoms. The Labute approximate surface area is 48.8 Å². The molecule has 46 valence electrons. The fraction of sp³-hybridized carbons (Fsp3) is 0.500. The number of aldehydes is 1. The summed E-state index contributed by atoms with van der Waals surface area (Å²) in [7, 11) is 0. The van der Waals surface area contributed by atoms with E-state index < -0.39 is 0 Å². The number of aliphatic hydroxyl groups excluding tert-OH is 1. The molecule has 0 fully saturated rings. The lowest BCUT2D eigenvalue weighted by Gasteiger charge is -1.87. The second-order valence-electron chi connectivity index (χ2n) is 1.45. The molecular weight excluding hydrogens is 104 g/mol. The molecule has 0 aromatic carbocycles. The standard InChI is InChI=1S/C6H10O2/c1-2-6(8)4-3-5-7/h4-5,8H,2-3H2,1H3. The largest absolute Gasteiger partial charge is 0.513 e. The van der Waals surface area contributed by atoms with Crippen LogP contribution in [0.4, 0.5) is 0 Å². The molecule has 0 aliphatic carbocycles. The van der Waals surface area contributed by atoms with Crippen molar-refractivity contribution in [2.24, 2.45) is 0 Å². The van der Waals surface area contributed by atoms with Crippen molar-refractivity contribution in [2.45, 2.75) is 19.8 Å². The van der Waals surface area contributed by atoms with Crippen molar-refractivity contribution >= 4 is 6.29 Å². The molecule has 0 aliphatic rings. The Kier molecular flexibility index (Phi) is 3.94. The van der Waals surface area contributed by atoms with Crippen LogP contribution < -0.4 is 0 Å². The number of hydrogen-bond acceptors (Lipinski definition) is 2. The van der Waals surface area contributed by atoms with E-state index in [0.717, 1.165) is 6.29 Å². The first-order chi connectivity index (χ1) is 3.81. The molecule has 0 unspecified atom stereocenters. The van der Waals surface area contributed by atoms with Gasteiger partial charge in [-0.1, -0.05) is 6.92 Å². The lowest BCUT2D eigenvalue weighted by atomic mass is 10.3. The van der Waals surface area contributed by atoms with E-state index in [4.69, 9.17) is 5.11 Å². The number of carbonyl (C=O) groups is 1. The van der Waals surface area contributed by atoms with Gasteiger partial charge in [0.25, 0.3) is 0 Å². The van der Waals surface area contributed by atoms with Crippen LogP contribution in [0.5, 0.6) is 0 Å². The van der Waals surface area contributed by atoms with Crippen LogP contribution in [0.15, 0.2) is 11.8 Å². The number of aliphatic hydroxyl groups is 1. The zero-order valence-corrected chi connectivity index (χ0v) is 4.92. The average molecular weight is 114 g/mol. The van der Waals surface area contributed by atoms with E-state index in [1.807, 2.05) is 6.92 Å². The summed E-state index contributed by atoms with van der Waals surface area (Å²) in [4.78, 5) is 9.67. The van der Waals surface area contributed by atoms with Crippen molar-refractivity contribution < 1.29 is 9.90 Å². The molecule has 0 atom stereocenters. The summed E-state index contributed by atoms with van der Waals surface area (Å²) in [5.74, 6) is 0.289. The molecule has 0 heterocycles. The summed E-state index contributed by atoms with van der Waals surface area (Å²) in [5, 5.41) is 8.69. The molecule has 0 bridgehead atoms. The molecule has 0 saturated heterocycles. The highest BCUT2D eigenvalue weighted by molar-refractivity contribution is 5.51. The van der Waals surface area contributed by atoms with Gasteiger partial charge in [-0.25, -0.2) is 0 Å². The van der Waals surface area contributed by atoms with Crippen molar-refractivity contribution in [1.29, 1.82) is 0 Å². The Morgan fingerprint density at radius 1 is 1.75 bits per heavy atom. The van der Waals surface area contributed by atoms with E-state index in [1.54, 1.807) is 0 Å². The molecule has 2 nitrogen and oxygen atoms in total. The third-order valence-electron chi connectivity index (χ3n) is 0.812. The third-order valence-corrected chi connectivity index (χ3v) is 0.812. The number of allylic oxidation sites excluding steroid dienone is 2. The van der Waals surface area contributed by atoms with E-state index in [2.05, 4.69) is 0 Å². The quantitative estimate of drug-likeness (QED) is 0.445. The molecule has 0 amide bonds. The summed E-state index contributed by atoms with van der Waals surface area (Å²) in [6.07, 6.45) is 3.19. The van der Waals surface area contributed by atoms with Gasteiger partial charge < -0.3 is 9.90 Å². The van der Waals surface area contributed by atoms with Crippen LogP contribution >= 0.6 is 0 Å². The van der Waals surface area contributed by atoms with Crippen LogP contribution in [-0.2, 0) is 4.79 Å². The normalized spacial score (nSPS) is 11.4. The van der Waals surface area contributed by atoms with Crippen LogP contribution in [-0.4, -0.2) is 11.4 Å². The van der Waals surface area contributed by atoms with Crippen LogP contribution in [0, 0.1) is 0 Å². The molecule has 0 radical (unpaired) electrons. The third kappa shape index (κ3) is 3.40. The number of rotatable bonds is 3. The van der Waals surface area contributed by atoms with E-state index in [1.165, 1.54) is 6.08 Å². The molecule has 0 aliphatic heterocycles. The lowest BCUT2D eigenvalue weighted by molar-refractivity contribution is -0.107. The highest BCUT2D eigenvalue weighted by atomic mass is 16.3. The number of carbonyl (C=O) groups excluding carboxylic acids is 1. The van der Waals surface area contributed by atoms with E-state index in [0.29, 0.717) is 12.8 Å². The summed E-state index contributed by atoms with van der Waals surface area (Å²) in [5.41, 5.74) is 0. The topological polar surface area (TPSA) is 37.3 Å². The van der Waals surface area contributed by atoms with Crippen molar-refractivity contribution in [3.8, 4) is 0 Å². The molecule has 0 rings (SSSR count). The minimum absolute atomic E-state index is 0.289. The van der Waals surface area contributed by atoms with Crippen molar-refractivity contribution in [3.05, 3.63) is 11.8 Å². The fourth-order valence-electron chi connectivity index (χ4n) is 0.328. The summed E-state index contributed by atoms with van der Waals surface area (Å²) >= 11 is 0. The van der Waals surface area contributed by atoms with Gasteiger partial charge in [0, 0.05) is 12.8 Å². The van der Waals surface area contributed by atoms with Crippen LogP contribution in [0.1, 0.15) is 19.8 Å². The molecule has 1 N–H and O–H groups in total. The fourth-order valence-corrected chi connectivity index (χ4v) is 0.328. The molecule has 0 aromatic rings. The highest BCUT2D eigenvalue weighted by Gasteiger charge is 1.82. The second kappa shape index (κ2) is 4.37. The van der Waals surface area contributed by atoms with Gasteiger partial charge in [0.1, 0.15) is 6.29 Å². The van der Waals surface area contributed by atoms with E-state index in [9.17, 15) is 4.79 Å². The molecular formula is C6H10O2. The SMILES string of the molecule is CCC(O)=CCC=O. The summed E-state index contributed by atoms with van der Waals surface area (Å²) < 4.78 is 0. The maximum absolute atomic E-state index is 9.67. The molecule has 8 heavy (non-hydrogen) atoms. The van der Waals surface area contributed by atoms with Gasteiger partial charge in [-0.05, 0) is 6.08 Å². The Morgan fingerprint density at radius 3 is 2.75 bits per heavy atom. The smallest absolute Gasteiger partial charge is 0.123 e. The van der Waals surface area contributed by atoms with Crippen LogP contribution in [0.25, 0.3) is 0 Å². The maximum Gasteiger partial charge on any atom is 0.123 e. The average Bonchev–Trinajstić information content (AvgIpc) is 1.83. The van der Waals surface area contributed by atoms with E-state index >= 15 is 0 Å². The van der Waals surface area contributed by atoms with Crippen molar-refractivity contribution in [2.75, 3.05) is 0 Å². The zero-order valence-electron chi connectivity index (χ0n) is 4.92. The molecule has 0 saturated carbocycles. The van der Waals surface area contributed by atoms with Gasteiger partial charge in [0.15, 0.2) is 0 Å². The van der Waals surface area contributed by atoms with Crippen molar-refractivity contribution in [1.82, 2.24) is 0 Å². The minimum Gasteiger partial charge on any atom is -0.513 e. The first-order valence-electron chi connectivity index (χ1n) is 2.63. The van der Waals surface area contributed by atoms with Gasteiger partial charge in [-0.3, -0.25) is 0 Å². The van der Waals surface area contributed by atoms with Gasteiger partial charge in [0.05, 0.1) is 5.76 Å². The number of hydrogen-bond donors (Lipinski definition) is 1. The molecule has 0 aromatic heterocycles. The minimum atomic E-state index is 0.289. The monoisotopic (exact) mass is 114 g/mol. The van der Waals surface area contributed by atoms with Crippen LogP contribution in [0.3, 0.4) is 0 Å². The Morgan fingerprint density at radius 2 is 2.38 bits per heavy atom. The van der Waals surface area contributed by atoms with Gasteiger partial charge in [0.2, 0.25) is 0 Å². The summed E-state index contributed by atoms with van der Waals surface area (Å²) in [6, 6.07) is 0. The van der Waals surface area contributed by atoms with Crippen molar-refractivity contribution in [3.63, 3.8) is 0 Å². The van der Waals surface area contributed by atoms with Gasteiger partial charge in [-0.2, -0.15) is 0 Å². The Bertz CT molecular complexity index is 94.7. The van der Waals surface area contributed by atoms with Crippen LogP contribution in [0.2, 0.25) is 0 Å². The summed E-state index contributed by atoms with van der Waals surface area (Å²) in [6.45, 7) is 1.83. The Hall–Kier alpha value is -0.790. The van der Waals surface area contributed by atoms with Gasteiger partial charge >= 0.3 is 0 Å². The lowest BCUT2D eigenvalue weighted by Crippen LogP contribution is -1.76. The zero-order chi connectivity index (χ0) is 6.41. The second-order valence-corrected chi connectivity index (χ2v) is 1.45. The highest BCUT2D eigenvalue weighted by Crippen LogP contribution is 1.93.